The summed E-state index contributed by atoms with van der Waals surface area (Å²) in [6, 6.07) is 7.93. The Kier molecular flexibility index (Phi) is 2.73. The molecule has 0 bridgehead atoms. The van der Waals surface area contributed by atoms with Crippen molar-refractivity contribution in [1.29, 1.82) is 0 Å². The Morgan fingerprint density at radius 3 is 2.67 bits per heavy atom. The molecule has 0 aliphatic heterocycles. The minimum absolute atomic E-state index is 0.612. The molecule has 1 unspecified atom stereocenters. The zero-order valence-electron chi connectivity index (χ0n) is 10.3. The molecule has 3 aromatic rings. The number of aryl methyl sites for hydroxylation is 2. The molecule has 1 aromatic carbocycles. The lowest BCUT2D eigenvalue weighted by Crippen LogP contribution is -1.97. The molecule has 0 saturated heterocycles. The molecule has 2 nitrogen and oxygen atoms in total. The Hall–Kier alpha value is -1.58. The predicted octanol–water partition coefficient (Wildman–Crippen LogP) is 4.19. The van der Waals surface area contributed by atoms with E-state index in [1.54, 1.807) is 11.3 Å². The average molecular weight is 258 g/mol. The molecule has 0 aliphatic rings. The summed E-state index contributed by atoms with van der Waals surface area (Å²) >= 11 is 1.60. The SMILES string of the molecule is Cc1cscc1C(O)c1cc2cccc(C)c2o1. The topological polar surface area (TPSA) is 33.4 Å². The molecule has 0 aliphatic carbocycles. The standard InChI is InChI=1S/C15H14O2S/c1-9-4-3-5-11-6-13(17-15(9)11)14(16)12-8-18-7-10(12)2/h3-8,14,16H,1-2H3. The normalized spacial score (nSPS) is 13.1. The van der Waals surface area contributed by atoms with Gasteiger partial charge in [0.05, 0.1) is 0 Å². The number of thiophene rings is 1. The molecule has 0 spiro atoms. The van der Waals surface area contributed by atoms with Crippen LogP contribution in [0.4, 0.5) is 0 Å². The van der Waals surface area contributed by atoms with E-state index in [4.69, 9.17) is 4.42 Å². The van der Waals surface area contributed by atoms with E-state index in [1.165, 1.54) is 0 Å². The maximum atomic E-state index is 10.4. The van der Waals surface area contributed by atoms with E-state index in [2.05, 4.69) is 0 Å². The van der Waals surface area contributed by atoms with Crippen LogP contribution in [0.1, 0.15) is 28.6 Å². The van der Waals surface area contributed by atoms with Crippen molar-refractivity contribution >= 4 is 22.3 Å². The van der Waals surface area contributed by atoms with Crippen LogP contribution in [0.15, 0.2) is 39.4 Å². The minimum atomic E-state index is -0.678. The number of rotatable bonds is 2. The van der Waals surface area contributed by atoms with Gasteiger partial charge in [-0.2, -0.15) is 11.3 Å². The van der Waals surface area contributed by atoms with Gasteiger partial charge >= 0.3 is 0 Å². The summed E-state index contributed by atoms with van der Waals surface area (Å²) in [4.78, 5) is 0. The van der Waals surface area contributed by atoms with Gasteiger partial charge in [-0.3, -0.25) is 0 Å². The maximum absolute atomic E-state index is 10.4. The van der Waals surface area contributed by atoms with Crippen LogP contribution >= 0.6 is 11.3 Å². The highest BCUT2D eigenvalue weighted by Gasteiger charge is 2.18. The minimum Gasteiger partial charge on any atom is -0.458 e. The second-order valence-corrected chi connectivity index (χ2v) is 5.30. The second-order valence-electron chi connectivity index (χ2n) is 4.55. The highest BCUT2D eigenvalue weighted by atomic mass is 32.1. The van der Waals surface area contributed by atoms with Crippen LogP contribution in [0.5, 0.6) is 0 Å². The summed E-state index contributed by atoms with van der Waals surface area (Å²) in [5.41, 5.74) is 3.98. The first kappa shape index (κ1) is 11.5. The van der Waals surface area contributed by atoms with Gasteiger partial charge in [0.25, 0.3) is 0 Å². The van der Waals surface area contributed by atoms with Gasteiger partial charge in [0, 0.05) is 10.9 Å². The third-order valence-electron chi connectivity index (χ3n) is 3.22. The predicted molar refractivity (Wildman–Crippen MR) is 74.1 cm³/mol. The third kappa shape index (κ3) is 1.76. The van der Waals surface area contributed by atoms with E-state index in [1.807, 2.05) is 48.9 Å². The number of hydrogen-bond donors (Lipinski definition) is 1. The van der Waals surface area contributed by atoms with E-state index >= 15 is 0 Å². The molecule has 0 amide bonds. The number of aliphatic hydroxyl groups is 1. The van der Waals surface area contributed by atoms with Crippen molar-refractivity contribution in [2.75, 3.05) is 0 Å². The van der Waals surface area contributed by atoms with Gasteiger partial charge in [-0.05, 0) is 41.8 Å². The van der Waals surface area contributed by atoms with Gasteiger partial charge in [-0.25, -0.2) is 0 Å². The third-order valence-corrected chi connectivity index (χ3v) is 4.10. The fourth-order valence-electron chi connectivity index (χ4n) is 2.17. The Bertz CT molecular complexity index is 693. The molecule has 0 saturated carbocycles. The summed E-state index contributed by atoms with van der Waals surface area (Å²) in [7, 11) is 0. The highest BCUT2D eigenvalue weighted by molar-refractivity contribution is 7.08. The van der Waals surface area contributed by atoms with Crippen molar-refractivity contribution in [2.24, 2.45) is 0 Å². The lowest BCUT2D eigenvalue weighted by molar-refractivity contribution is 0.192. The zero-order valence-corrected chi connectivity index (χ0v) is 11.1. The van der Waals surface area contributed by atoms with E-state index in [0.29, 0.717) is 5.76 Å². The van der Waals surface area contributed by atoms with Gasteiger partial charge in [0.15, 0.2) is 0 Å². The van der Waals surface area contributed by atoms with Crippen molar-refractivity contribution < 1.29 is 9.52 Å². The second kappa shape index (κ2) is 4.26. The molecule has 3 rings (SSSR count). The van der Waals surface area contributed by atoms with E-state index in [0.717, 1.165) is 27.7 Å². The monoisotopic (exact) mass is 258 g/mol. The average Bonchev–Trinajstić information content (AvgIpc) is 2.95. The Labute approximate surface area is 109 Å². The van der Waals surface area contributed by atoms with Gasteiger partial charge in [0.2, 0.25) is 0 Å². The van der Waals surface area contributed by atoms with Crippen LogP contribution in [-0.4, -0.2) is 5.11 Å². The number of aliphatic hydroxyl groups excluding tert-OH is 1. The van der Waals surface area contributed by atoms with E-state index in [-0.39, 0.29) is 0 Å². The fourth-order valence-corrected chi connectivity index (χ4v) is 3.04. The Morgan fingerprint density at radius 1 is 1.17 bits per heavy atom. The van der Waals surface area contributed by atoms with Gasteiger partial charge < -0.3 is 9.52 Å². The van der Waals surface area contributed by atoms with Crippen LogP contribution in [0.3, 0.4) is 0 Å². The first-order valence-corrected chi connectivity index (χ1v) is 6.81. The number of furan rings is 1. The van der Waals surface area contributed by atoms with Crippen LogP contribution < -0.4 is 0 Å². The molecule has 1 N–H and O–H groups in total. The maximum Gasteiger partial charge on any atom is 0.138 e. The fraction of sp³-hybridized carbons (Fsp3) is 0.200. The van der Waals surface area contributed by atoms with Crippen molar-refractivity contribution in [3.63, 3.8) is 0 Å². The molecule has 18 heavy (non-hydrogen) atoms. The summed E-state index contributed by atoms with van der Waals surface area (Å²) in [6.45, 7) is 4.01. The molecular formula is C15H14O2S. The Balaban J connectivity index is 2.10. The van der Waals surface area contributed by atoms with Crippen molar-refractivity contribution in [3.8, 4) is 0 Å². The highest BCUT2D eigenvalue weighted by Crippen LogP contribution is 2.32. The molecule has 0 radical (unpaired) electrons. The first-order chi connectivity index (χ1) is 8.66. The van der Waals surface area contributed by atoms with Crippen molar-refractivity contribution in [2.45, 2.75) is 20.0 Å². The lowest BCUT2D eigenvalue weighted by Gasteiger charge is -2.06. The molecule has 2 aromatic heterocycles. The van der Waals surface area contributed by atoms with Gasteiger partial charge in [-0.15, -0.1) is 0 Å². The van der Waals surface area contributed by atoms with E-state index in [9.17, 15) is 5.11 Å². The summed E-state index contributed by atoms with van der Waals surface area (Å²) in [5.74, 6) is 0.612. The molecular weight excluding hydrogens is 244 g/mol. The quantitative estimate of drug-likeness (QED) is 0.747. The number of fused-ring (bicyclic) bond motifs is 1. The zero-order chi connectivity index (χ0) is 12.7. The summed E-state index contributed by atoms with van der Waals surface area (Å²) < 4.78 is 5.79. The molecule has 1 atom stereocenters. The largest absolute Gasteiger partial charge is 0.458 e. The molecule has 2 heterocycles. The molecule has 0 fully saturated rings. The van der Waals surface area contributed by atoms with E-state index < -0.39 is 6.10 Å². The van der Waals surface area contributed by atoms with Crippen LogP contribution in [0.2, 0.25) is 0 Å². The number of para-hydroxylation sites is 1. The first-order valence-electron chi connectivity index (χ1n) is 5.86. The van der Waals surface area contributed by atoms with Crippen LogP contribution in [-0.2, 0) is 0 Å². The Morgan fingerprint density at radius 2 is 2.00 bits per heavy atom. The van der Waals surface area contributed by atoms with Crippen molar-refractivity contribution in [3.05, 3.63) is 57.5 Å². The van der Waals surface area contributed by atoms with Crippen LogP contribution in [0.25, 0.3) is 11.0 Å². The number of benzene rings is 1. The van der Waals surface area contributed by atoms with Crippen molar-refractivity contribution in [1.82, 2.24) is 0 Å². The summed E-state index contributed by atoms with van der Waals surface area (Å²) in [5, 5.41) is 15.4. The summed E-state index contributed by atoms with van der Waals surface area (Å²) in [6.07, 6.45) is -0.678. The van der Waals surface area contributed by atoms with Crippen LogP contribution in [0, 0.1) is 13.8 Å². The van der Waals surface area contributed by atoms with Gasteiger partial charge in [0.1, 0.15) is 17.4 Å². The lowest BCUT2D eigenvalue weighted by atomic mass is 10.1. The van der Waals surface area contributed by atoms with Gasteiger partial charge in [-0.1, -0.05) is 18.2 Å². The molecule has 3 heteroatoms. The smallest absolute Gasteiger partial charge is 0.138 e. The molecule has 92 valence electrons. The number of hydrogen-bond acceptors (Lipinski definition) is 3.